The quantitative estimate of drug-likeness (QED) is 0.864. The van der Waals surface area contributed by atoms with E-state index in [1.165, 1.54) is 12.8 Å². The molecule has 0 bridgehead atoms. The van der Waals surface area contributed by atoms with Gasteiger partial charge in [-0.1, -0.05) is 6.92 Å². The SMILES string of the molecule is CCN(CCNc1nccc(C(F)(F)F)n1)C1CC1. The summed E-state index contributed by atoms with van der Waals surface area (Å²) in [6.45, 7) is 4.38. The van der Waals surface area contributed by atoms with Crippen molar-refractivity contribution >= 4 is 5.95 Å². The van der Waals surface area contributed by atoms with Crippen molar-refractivity contribution in [3.8, 4) is 0 Å². The summed E-state index contributed by atoms with van der Waals surface area (Å²) in [5, 5.41) is 2.84. The van der Waals surface area contributed by atoms with Crippen molar-refractivity contribution in [1.82, 2.24) is 14.9 Å². The van der Waals surface area contributed by atoms with E-state index in [4.69, 9.17) is 0 Å². The van der Waals surface area contributed by atoms with Crippen LogP contribution in [0.4, 0.5) is 19.1 Å². The van der Waals surface area contributed by atoms with Gasteiger partial charge in [0, 0.05) is 25.3 Å². The van der Waals surface area contributed by atoms with Crippen molar-refractivity contribution in [3.63, 3.8) is 0 Å². The lowest BCUT2D eigenvalue weighted by Crippen LogP contribution is -2.31. The molecule has 1 saturated carbocycles. The van der Waals surface area contributed by atoms with Gasteiger partial charge in [0.1, 0.15) is 5.69 Å². The molecular weight excluding hydrogens is 257 g/mol. The summed E-state index contributed by atoms with van der Waals surface area (Å²) in [5.41, 5.74) is -0.917. The number of anilines is 1. The van der Waals surface area contributed by atoms with E-state index in [0.717, 1.165) is 25.4 Å². The smallest absolute Gasteiger partial charge is 0.353 e. The van der Waals surface area contributed by atoms with Crippen LogP contribution in [0.1, 0.15) is 25.5 Å². The van der Waals surface area contributed by atoms with Crippen molar-refractivity contribution in [1.29, 1.82) is 0 Å². The normalized spacial score (nSPS) is 15.8. The molecule has 0 amide bonds. The average molecular weight is 274 g/mol. The number of nitrogens with one attached hydrogen (secondary N) is 1. The Hall–Kier alpha value is -1.37. The highest BCUT2D eigenvalue weighted by Crippen LogP contribution is 2.28. The predicted molar refractivity (Wildman–Crippen MR) is 65.8 cm³/mol. The molecule has 1 fully saturated rings. The van der Waals surface area contributed by atoms with E-state index in [1.54, 1.807) is 0 Å². The van der Waals surface area contributed by atoms with Crippen molar-refractivity contribution in [2.45, 2.75) is 32.0 Å². The minimum Gasteiger partial charge on any atom is -0.353 e. The zero-order chi connectivity index (χ0) is 13.9. The summed E-state index contributed by atoms with van der Waals surface area (Å²) in [6, 6.07) is 1.52. The third-order valence-corrected chi connectivity index (χ3v) is 3.10. The van der Waals surface area contributed by atoms with Crippen LogP contribution in [0, 0.1) is 0 Å². The number of aromatic nitrogens is 2. The Labute approximate surface area is 110 Å². The Balaban J connectivity index is 1.85. The van der Waals surface area contributed by atoms with E-state index >= 15 is 0 Å². The Morgan fingerprint density at radius 2 is 2.16 bits per heavy atom. The van der Waals surface area contributed by atoms with E-state index in [9.17, 15) is 13.2 Å². The van der Waals surface area contributed by atoms with Crippen LogP contribution in [0.5, 0.6) is 0 Å². The van der Waals surface area contributed by atoms with Gasteiger partial charge in [-0.2, -0.15) is 13.2 Å². The van der Waals surface area contributed by atoms with Gasteiger partial charge in [-0.3, -0.25) is 4.90 Å². The molecule has 4 nitrogen and oxygen atoms in total. The van der Waals surface area contributed by atoms with Crippen molar-refractivity contribution in [2.24, 2.45) is 0 Å². The zero-order valence-electron chi connectivity index (χ0n) is 10.7. The molecule has 19 heavy (non-hydrogen) atoms. The molecule has 0 aromatic carbocycles. The van der Waals surface area contributed by atoms with Crippen LogP contribution in [0.3, 0.4) is 0 Å². The highest BCUT2D eigenvalue weighted by molar-refractivity contribution is 5.25. The van der Waals surface area contributed by atoms with E-state index < -0.39 is 11.9 Å². The summed E-state index contributed by atoms with van der Waals surface area (Å²) in [6.07, 6.45) is -0.874. The minimum absolute atomic E-state index is 0.0293. The topological polar surface area (TPSA) is 41.0 Å². The Kier molecular flexibility index (Phi) is 4.24. The summed E-state index contributed by atoms with van der Waals surface area (Å²) < 4.78 is 37.4. The van der Waals surface area contributed by atoms with Gasteiger partial charge in [0.05, 0.1) is 0 Å². The highest BCUT2D eigenvalue weighted by Gasteiger charge is 2.32. The fourth-order valence-corrected chi connectivity index (χ4v) is 1.95. The van der Waals surface area contributed by atoms with E-state index in [1.807, 2.05) is 0 Å². The monoisotopic (exact) mass is 274 g/mol. The summed E-state index contributed by atoms with van der Waals surface area (Å²) in [4.78, 5) is 9.56. The molecular formula is C12H17F3N4. The maximum atomic E-state index is 12.5. The lowest BCUT2D eigenvalue weighted by Gasteiger charge is -2.19. The van der Waals surface area contributed by atoms with Gasteiger partial charge in [0.15, 0.2) is 0 Å². The van der Waals surface area contributed by atoms with Gasteiger partial charge in [-0.25, -0.2) is 9.97 Å². The van der Waals surface area contributed by atoms with Crippen LogP contribution in [0.2, 0.25) is 0 Å². The van der Waals surface area contributed by atoms with Gasteiger partial charge < -0.3 is 5.32 Å². The molecule has 0 aliphatic heterocycles. The Morgan fingerprint density at radius 3 is 2.74 bits per heavy atom. The molecule has 7 heteroatoms. The molecule has 1 N–H and O–H groups in total. The van der Waals surface area contributed by atoms with Gasteiger partial charge in [-0.15, -0.1) is 0 Å². The molecule has 0 saturated heterocycles. The lowest BCUT2D eigenvalue weighted by molar-refractivity contribution is -0.141. The van der Waals surface area contributed by atoms with Crippen LogP contribution in [0.15, 0.2) is 12.3 Å². The first-order valence-corrected chi connectivity index (χ1v) is 6.39. The third kappa shape index (κ3) is 4.05. The first-order valence-electron chi connectivity index (χ1n) is 6.39. The molecule has 0 unspecified atom stereocenters. The number of likely N-dealkylation sites (N-methyl/N-ethyl adjacent to an activating group) is 1. The standard InChI is InChI=1S/C12H17F3N4/c1-2-19(9-3-4-9)8-7-17-11-16-6-5-10(18-11)12(13,14)15/h5-6,9H,2-4,7-8H2,1H3,(H,16,17,18). The summed E-state index contributed by atoms with van der Waals surface area (Å²) in [7, 11) is 0. The second-order valence-corrected chi connectivity index (χ2v) is 4.55. The number of nitrogens with zero attached hydrogens (tertiary/aromatic N) is 3. The summed E-state index contributed by atoms with van der Waals surface area (Å²) in [5.74, 6) is 0.0293. The van der Waals surface area contributed by atoms with Crippen LogP contribution in [-0.4, -0.2) is 40.5 Å². The van der Waals surface area contributed by atoms with Gasteiger partial charge in [0.2, 0.25) is 5.95 Å². The van der Waals surface area contributed by atoms with Crippen LogP contribution in [-0.2, 0) is 6.18 Å². The summed E-state index contributed by atoms with van der Waals surface area (Å²) >= 11 is 0. The molecule has 2 rings (SSSR count). The second kappa shape index (κ2) is 5.73. The Morgan fingerprint density at radius 1 is 1.42 bits per heavy atom. The molecule has 1 aliphatic carbocycles. The van der Waals surface area contributed by atoms with Crippen molar-refractivity contribution in [2.75, 3.05) is 25.0 Å². The highest BCUT2D eigenvalue weighted by atomic mass is 19.4. The predicted octanol–water partition coefficient (Wildman–Crippen LogP) is 2.39. The molecule has 1 aromatic heterocycles. The molecule has 0 spiro atoms. The largest absolute Gasteiger partial charge is 0.433 e. The van der Waals surface area contributed by atoms with Crippen LogP contribution >= 0.6 is 0 Å². The fourth-order valence-electron chi connectivity index (χ4n) is 1.95. The minimum atomic E-state index is -4.43. The van der Waals surface area contributed by atoms with Gasteiger partial charge >= 0.3 is 6.18 Å². The van der Waals surface area contributed by atoms with Crippen molar-refractivity contribution < 1.29 is 13.2 Å². The molecule has 1 aromatic rings. The van der Waals surface area contributed by atoms with Crippen LogP contribution in [0.25, 0.3) is 0 Å². The number of rotatable bonds is 6. The van der Waals surface area contributed by atoms with Gasteiger partial charge in [-0.05, 0) is 25.5 Å². The third-order valence-electron chi connectivity index (χ3n) is 3.10. The first-order chi connectivity index (χ1) is 9.00. The second-order valence-electron chi connectivity index (χ2n) is 4.55. The number of alkyl halides is 3. The van der Waals surface area contributed by atoms with E-state index in [0.29, 0.717) is 12.6 Å². The lowest BCUT2D eigenvalue weighted by atomic mass is 10.4. The number of halogens is 3. The molecule has 106 valence electrons. The first kappa shape index (κ1) is 14.0. The number of hydrogen-bond donors (Lipinski definition) is 1. The Bertz CT molecular complexity index is 418. The maximum Gasteiger partial charge on any atom is 0.433 e. The molecule has 1 aliphatic rings. The zero-order valence-corrected chi connectivity index (χ0v) is 10.7. The van der Waals surface area contributed by atoms with Crippen LogP contribution < -0.4 is 5.32 Å². The molecule has 1 heterocycles. The van der Waals surface area contributed by atoms with Gasteiger partial charge in [0.25, 0.3) is 0 Å². The maximum absolute atomic E-state index is 12.5. The number of hydrogen-bond acceptors (Lipinski definition) is 4. The fraction of sp³-hybridized carbons (Fsp3) is 0.667. The van der Waals surface area contributed by atoms with E-state index in [-0.39, 0.29) is 5.95 Å². The average Bonchev–Trinajstić information content (AvgIpc) is 3.18. The van der Waals surface area contributed by atoms with Crippen molar-refractivity contribution in [3.05, 3.63) is 18.0 Å². The molecule has 0 radical (unpaired) electrons. The van der Waals surface area contributed by atoms with E-state index in [2.05, 4.69) is 27.1 Å². The molecule has 0 atom stereocenters.